The van der Waals surface area contributed by atoms with E-state index in [1.165, 1.54) is 11.8 Å². The van der Waals surface area contributed by atoms with E-state index in [-0.39, 0.29) is 12.4 Å². The minimum Gasteiger partial charge on any atom is -0.455 e. The van der Waals surface area contributed by atoms with Gasteiger partial charge in [0.2, 0.25) is 0 Å². The fraction of sp³-hybridized carbons (Fsp3) is 0.0833. The van der Waals surface area contributed by atoms with E-state index in [1.807, 2.05) is 78.9 Å². The smallest absolute Gasteiger partial charge is 0.316 e. The number of rotatable bonds is 7. The van der Waals surface area contributed by atoms with E-state index in [0.717, 1.165) is 22.2 Å². The molecular weight excluding hydrogens is 410 g/mol. The Morgan fingerprint density at radius 2 is 1.52 bits per heavy atom. The van der Waals surface area contributed by atoms with Gasteiger partial charge in [-0.05, 0) is 35.4 Å². The fourth-order valence-electron chi connectivity index (χ4n) is 2.90. The van der Waals surface area contributed by atoms with E-state index in [2.05, 4.69) is 15.3 Å². The summed E-state index contributed by atoms with van der Waals surface area (Å²) in [5.41, 5.74) is 4.35. The highest BCUT2D eigenvalue weighted by atomic mass is 32.2. The first-order valence-electron chi connectivity index (χ1n) is 9.63. The van der Waals surface area contributed by atoms with E-state index in [1.54, 1.807) is 6.20 Å². The van der Waals surface area contributed by atoms with Crippen LogP contribution in [0.15, 0.2) is 90.1 Å². The molecule has 1 aromatic heterocycles. The molecule has 0 atom stereocenters. The van der Waals surface area contributed by atoms with Gasteiger partial charge in [-0.25, -0.2) is 4.98 Å². The molecule has 7 heteroatoms. The fourth-order valence-corrected chi connectivity index (χ4v) is 3.54. The number of amides is 1. The Balaban J connectivity index is 1.23. The Kier molecular flexibility index (Phi) is 6.54. The first kappa shape index (κ1) is 20.6. The highest BCUT2D eigenvalue weighted by Crippen LogP contribution is 2.21. The number of ether oxygens (including phenoxy) is 1. The van der Waals surface area contributed by atoms with Crippen molar-refractivity contribution in [3.8, 4) is 11.1 Å². The van der Waals surface area contributed by atoms with Crippen molar-refractivity contribution in [2.75, 3.05) is 17.7 Å². The van der Waals surface area contributed by atoms with Crippen LogP contribution >= 0.6 is 11.8 Å². The summed E-state index contributed by atoms with van der Waals surface area (Å²) < 4.78 is 5.06. The average molecular weight is 430 g/mol. The molecule has 0 aliphatic heterocycles. The van der Waals surface area contributed by atoms with Crippen LogP contribution in [0.25, 0.3) is 22.2 Å². The number of aromatic nitrogens is 2. The van der Waals surface area contributed by atoms with Crippen LogP contribution in [-0.2, 0) is 14.3 Å². The minimum absolute atomic E-state index is 0.0477. The second-order valence-corrected chi connectivity index (χ2v) is 7.63. The van der Waals surface area contributed by atoms with E-state index >= 15 is 0 Å². The van der Waals surface area contributed by atoms with Crippen molar-refractivity contribution >= 4 is 40.4 Å². The molecule has 0 spiro atoms. The summed E-state index contributed by atoms with van der Waals surface area (Å²) >= 11 is 1.22. The number of benzene rings is 3. The van der Waals surface area contributed by atoms with E-state index in [0.29, 0.717) is 10.7 Å². The van der Waals surface area contributed by atoms with Gasteiger partial charge in [0.25, 0.3) is 5.91 Å². The maximum Gasteiger partial charge on any atom is 0.316 e. The van der Waals surface area contributed by atoms with Crippen LogP contribution in [0.2, 0.25) is 0 Å². The number of nitrogens with zero attached hydrogens (tertiary/aromatic N) is 2. The number of carbonyl (C=O) groups is 2. The van der Waals surface area contributed by atoms with Crippen LogP contribution in [0.5, 0.6) is 0 Å². The van der Waals surface area contributed by atoms with Crippen LogP contribution in [0.3, 0.4) is 0 Å². The summed E-state index contributed by atoms with van der Waals surface area (Å²) in [5.74, 6) is -0.836. The molecule has 4 rings (SSSR count). The van der Waals surface area contributed by atoms with Gasteiger partial charge in [-0.3, -0.25) is 14.6 Å². The van der Waals surface area contributed by atoms with Crippen molar-refractivity contribution in [1.29, 1.82) is 0 Å². The predicted octanol–water partition coefficient (Wildman–Crippen LogP) is 4.57. The maximum atomic E-state index is 12.1. The molecule has 0 radical (unpaired) electrons. The van der Waals surface area contributed by atoms with Gasteiger partial charge in [0.05, 0.1) is 23.0 Å². The largest absolute Gasteiger partial charge is 0.455 e. The first-order valence-corrected chi connectivity index (χ1v) is 10.6. The predicted molar refractivity (Wildman–Crippen MR) is 122 cm³/mol. The van der Waals surface area contributed by atoms with Crippen LogP contribution in [-0.4, -0.2) is 34.2 Å². The molecule has 0 unspecified atom stereocenters. The Morgan fingerprint density at radius 1 is 0.839 bits per heavy atom. The summed E-state index contributed by atoms with van der Waals surface area (Å²) in [4.78, 5) is 32.8. The molecule has 1 heterocycles. The number of para-hydroxylation sites is 2. The number of nitrogens with one attached hydrogen (secondary N) is 1. The van der Waals surface area contributed by atoms with Crippen molar-refractivity contribution in [3.63, 3.8) is 0 Å². The van der Waals surface area contributed by atoms with Crippen LogP contribution in [0.4, 0.5) is 5.69 Å². The van der Waals surface area contributed by atoms with E-state index < -0.39 is 11.9 Å². The molecule has 0 saturated heterocycles. The molecule has 0 aliphatic carbocycles. The molecular formula is C24H19N3O3S. The summed E-state index contributed by atoms with van der Waals surface area (Å²) in [6.45, 7) is -0.344. The normalized spacial score (nSPS) is 10.6. The lowest BCUT2D eigenvalue weighted by molar-refractivity contribution is -0.144. The van der Waals surface area contributed by atoms with Gasteiger partial charge in [-0.15, -0.1) is 0 Å². The first-order chi connectivity index (χ1) is 15.2. The average Bonchev–Trinajstić information content (AvgIpc) is 2.82. The Hall–Kier alpha value is -3.71. The van der Waals surface area contributed by atoms with Crippen molar-refractivity contribution in [1.82, 2.24) is 9.97 Å². The second kappa shape index (κ2) is 9.86. The Bertz CT molecular complexity index is 1200. The topological polar surface area (TPSA) is 81.2 Å². The lowest BCUT2D eigenvalue weighted by atomic mass is 10.1. The molecule has 4 aromatic rings. The van der Waals surface area contributed by atoms with Gasteiger partial charge in [0.1, 0.15) is 5.03 Å². The van der Waals surface area contributed by atoms with Crippen molar-refractivity contribution in [3.05, 3.63) is 85.1 Å². The molecule has 1 N–H and O–H groups in total. The van der Waals surface area contributed by atoms with Crippen LogP contribution in [0, 0.1) is 0 Å². The third-order valence-corrected chi connectivity index (χ3v) is 5.28. The van der Waals surface area contributed by atoms with Gasteiger partial charge < -0.3 is 10.1 Å². The van der Waals surface area contributed by atoms with Crippen molar-refractivity contribution in [2.24, 2.45) is 0 Å². The molecule has 0 saturated carbocycles. The Morgan fingerprint density at radius 3 is 2.29 bits per heavy atom. The molecule has 1 amide bonds. The zero-order valence-electron chi connectivity index (χ0n) is 16.5. The molecule has 6 nitrogen and oxygen atoms in total. The van der Waals surface area contributed by atoms with Gasteiger partial charge in [-0.1, -0.05) is 66.4 Å². The highest BCUT2D eigenvalue weighted by molar-refractivity contribution is 7.99. The summed E-state index contributed by atoms with van der Waals surface area (Å²) in [5, 5.41) is 3.35. The van der Waals surface area contributed by atoms with Gasteiger partial charge in [0, 0.05) is 5.69 Å². The summed E-state index contributed by atoms with van der Waals surface area (Å²) in [7, 11) is 0. The Labute approximate surface area is 183 Å². The minimum atomic E-state index is -0.491. The number of hydrogen-bond donors (Lipinski definition) is 1. The van der Waals surface area contributed by atoms with Crippen LogP contribution < -0.4 is 5.32 Å². The third-order valence-electron chi connectivity index (χ3n) is 4.40. The standard InChI is InChI=1S/C24H19N3O3S/c28-22(26-19-12-10-18(11-13-19)17-6-2-1-3-7-17)15-30-24(29)16-31-23-14-25-20-8-4-5-9-21(20)27-23/h1-14H,15-16H2,(H,26,28). The third kappa shape index (κ3) is 5.67. The van der Waals surface area contributed by atoms with E-state index in [9.17, 15) is 9.59 Å². The highest BCUT2D eigenvalue weighted by Gasteiger charge is 2.10. The quantitative estimate of drug-likeness (QED) is 0.342. The molecule has 154 valence electrons. The number of esters is 1. The number of thioether (sulfide) groups is 1. The molecule has 31 heavy (non-hydrogen) atoms. The number of hydrogen-bond acceptors (Lipinski definition) is 6. The number of anilines is 1. The SMILES string of the molecule is O=C(COC(=O)CSc1cnc2ccccc2n1)Nc1ccc(-c2ccccc2)cc1. The summed E-state index contributed by atoms with van der Waals surface area (Å²) in [6.07, 6.45) is 1.62. The summed E-state index contributed by atoms with van der Waals surface area (Å²) in [6, 6.07) is 25.0. The number of fused-ring (bicyclic) bond motifs is 1. The monoisotopic (exact) mass is 429 g/mol. The van der Waals surface area contributed by atoms with Crippen molar-refractivity contribution < 1.29 is 14.3 Å². The van der Waals surface area contributed by atoms with E-state index in [4.69, 9.17) is 4.74 Å². The molecule has 0 fully saturated rings. The van der Waals surface area contributed by atoms with Crippen LogP contribution in [0.1, 0.15) is 0 Å². The van der Waals surface area contributed by atoms with Gasteiger partial charge in [-0.2, -0.15) is 0 Å². The zero-order valence-corrected chi connectivity index (χ0v) is 17.3. The molecule has 0 bridgehead atoms. The zero-order chi connectivity index (χ0) is 21.5. The second-order valence-electron chi connectivity index (χ2n) is 6.64. The lowest BCUT2D eigenvalue weighted by Gasteiger charge is -2.08. The molecule has 0 aliphatic rings. The molecule has 3 aromatic carbocycles. The van der Waals surface area contributed by atoms with Gasteiger partial charge >= 0.3 is 5.97 Å². The van der Waals surface area contributed by atoms with Gasteiger partial charge in [0.15, 0.2) is 6.61 Å². The maximum absolute atomic E-state index is 12.1. The lowest BCUT2D eigenvalue weighted by Crippen LogP contribution is -2.21. The number of carbonyl (C=O) groups excluding carboxylic acids is 2. The van der Waals surface area contributed by atoms with Crippen molar-refractivity contribution in [2.45, 2.75) is 5.03 Å².